The van der Waals surface area contributed by atoms with Crippen LogP contribution in [-0.4, -0.2) is 31.0 Å². The number of nitrogens with two attached hydrogens (primary N) is 2. The van der Waals surface area contributed by atoms with Crippen molar-refractivity contribution in [3.63, 3.8) is 0 Å². The molecular formula is C18H22N4O5S2. The Morgan fingerprint density at radius 1 is 1.24 bits per heavy atom. The summed E-state index contributed by atoms with van der Waals surface area (Å²) in [6, 6.07) is 12.2. The number of nitrogens with one attached hydrogen (secondary N) is 1. The summed E-state index contributed by atoms with van der Waals surface area (Å²) in [6.45, 7) is 3.28. The van der Waals surface area contributed by atoms with E-state index in [4.69, 9.17) is 10.9 Å². The van der Waals surface area contributed by atoms with Gasteiger partial charge in [-0.25, -0.2) is 13.6 Å². The maximum atomic E-state index is 12.0. The van der Waals surface area contributed by atoms with Gasteiger partial charge in [-0.05, 0) is 38.1 Å². The van der Waals surface area contributed by atoms with Crippen LogP contribution in [0.2, 0.25) is 0 Å². The summed E-state index contributed by atoms with van der Waals surface area (Å²) in [5.74, 6) is -0.193. The summed E-state index contributed by atoms with van der Waals surface area (Å²) in [5.41, 5.74) is 4.11. The van der Waals surface area contributed by atoms with E-state index in [2.05, 4.69) is 5.32 Å². The molecule has 0 heterocycles. The van der Waals surface area contributed by atoms with Crippen molar-refractivity contribution in [3.8, 4) is 0 Å². The predicted molar refractivity (Wildman–Crippen MR) is 112 cm³/mol. The molecule has 11 heteroatoms. The number of benzene rings is 2. The number of nitro benzene ring substituents is 1. The highest BCUT2D eigenvalue weighted by atomic mass is 32.2. The fourth-order valence-electron chi connectivity index (χ4n) is 2.45. The fraction of sp³-hybridized carbons (Fsp3) is 0.278. The summed E-state index contributed by atoms with van der Waals surface area (Å²) in [5, 5.41) is 19.5. The van der Waals surface area contributed by atoms with Crippen molar-refractivity contribution in [1.29, 1.82) is 0 Å². The van der Waals surface area contributed by atoms with Crippen LogP contribution >= 0.6 is 11.8 Å². The Hall–Kier alpha value is -2.63. The van der Waals surface area contributed by atoms with Crippen LogP contribution in [0.15, 0.2) is 58.3 Å². The molecule has 1 atom stereocenters. The highest BCUT2D eigenvalue weighted by Crippen LogP contribution is 2.33. The zero-order valence-corrected chi connectivity index (χ0v) is 17.5. The fourth-order valence-corrected chi connectivity index (χ4v) is 4.19. The number of sulfonamides is 1. The first-order valence-corrected chi connectivity index (χ1v) is 11.0. The monoisotopic (exact) mass is 438 g/mol. The van der Waals surface area contributed by atoms with Gasteiger partial charge >= 0.3 is 0 Å². The van der Waals surface area contributed by atoms with Crippen molar-refractivity contribution in [2.75, 3.05) is 11.1 Å². The summed E-state index contributed by atoms with van der Waals surface area (Å²) in [6.07, 6.45) is 0. The van der Waals surface area contributed by atoms with Gasteiger partial charge in [0.05, 0.1) is 15.2 Å². The van der Waals surface area contributed by atoms with Crippen molar-refractivity contribution < 1.29 is 18.1 Å². The molecule has 2 aromatic rings. The van der Waals surface area contributed by atoms with Gasteiger partial charge in [0.1, 0.15) is 5.69 Å². The number of primary sulfonamides is 1. The van der Waals surface area contributed by atoms with Crippen molar-refractivity contribution in [2.24, 2.45) is 16.3 Å². The van der Waals surface area contributed by atoms with Gasteiger partial charge in [-0.15, -0.1) is 11.8 Å². The summed E-state index contributed by atoms with van der Waals surface area (Å²) < 4.78 is 23.0. The second kappa shape index (κ2) is 8.80. The lowest BCUT2D eigenvalue weighted by molar-refractivity contribution is -0.384. The number of hydrogen-bond donors (Lipinski definition) is 3. The van der Waals surface area contributed by atoms with Crippen LogP contribution in [0.4, 0.5) is 11.4 Å². The van der Waals surface area contributed by atoms with E-state index < -0.39 is 38.0 Å². The average Bonchev–Trinajstić information content (AvgIpc) is 2.64. The van der Waals surface area contributed by atoms with Gasteiger partial charge < -0.3 is 11.1 Å². The normalized spacial score (nSPS) is 12.9. The molecule has 0 spiro atoms. The molecule has 2 rings (SSSR count). The van der Waals surface area contributed by atoms with Crippen molar-refractivity contribution >= 4 is 39.1 Å². The van der Waals surface area contributed by atoms with Crippen molar-refractivity contribution in [1.82, 2.24) is 0 Å². The number of anilines is 1. The number of carbonyl (C=O) groups excluding carboxylic acids is 1. The minimum atomic E-state index is -4.10. The zero-order chi connectivity index (χ0) is 21.8. The highest BCUT2D eigenvalue weighted by molar-refractivity contribution is 7.99. The van der Waals surface area contributed by atoms with Gasteiger partial charge in [0.15, 0.2) is 0 Å². The lowest BCUT2D eigenvalue weighted by Gasteiger charge is -2.32. The zero-order valence-electron chi connectivity index (χ0n) is 15.9. The van der Waals surface area contributed by atoms with E-state index in [1.54, 1.807) is 13.8 Å². The molecule has 0 radical (unpaired) electrons. The molecule has 5 N–H and O–H groups in total. The molecule has 29 heavy (non-hydrogen) atoms. The van der Waals surface area contributed by atoms with E-state index in [9.17, 15) is 23.3 Å². The van der Waals surface area contributed by atoms with Crippen LogP contribution in [0.3, 0.4) is 0 Å². The van der Waals surface area contributed by atoms with E-state index in [0.717, 1.165) is 11.0 Å². The minimum Gasteiger partial charge on any atom is -0.375 e. The number of nitrogens with zero attached hydrogens (tertiary/aromatic N) is 1. The van der Waals surface area contributed by atoms with Crippen LogP contribution in [0, 0.1) is 15.5 Å². The predicted octanol–water partition coefficient (Wildman–Crippen LogP) is 2.33. The molecule has 0 aromatic heterocycles. The average molecular weight is 439 g/mol. The third kappa shape index (κ3) is 5.68. The van der Waals surface area contributed by atoms with Gasteiger partial charge in [0.25, 0.3) is 5.69 Å². The lowest BCUT2D eigenvalue weighted by Crippen LogP contribution is -2.47. The molecule has 0 fully saturated rings. The first kappa shape index (κ1) is 22.7. The molecule has 0 saturated carbocycles. The van der Waals surface area contributed by atoms with Gasteiger partial charge in [-0.2, -0.15) is 0 Å². The Kier molecular flexibility index (Phi) is 6.88. The third-order valence-corrected chi connectivity index (χ3v) is 6.51. The molecule has 156 valence electrons. The van der Waals surface area contributed by atoms with E-state index in [1.165, 1.54) is 23.9 Å². The molecular weight excluding hydrogens is 416 g/mol. The first-order chi connectivity index (χ1) is 13.4. The van der Waals surface area contributed by atoms with Crippen LogP contribution in [-0.2, 0) is 14.8 Å². The van der Waals surface area contributed by atoms with Crippen molar-refractivity contribution in [2.45, 2.75) is 29.7 Å². The number of carbonyl (C=O) groups is 1. The van der Waals surface area contributed by atoms with Gasteiger partial charge in [0, 0.05) is 22.8 Å². The maximum absolute atomic E-state index is 12.0. The number of primary amides is 1. The highest BCUT2D eigenvalue weighted by Gasteiger charge is 2.36. The van der Waals surface area contributed by atoms with Crippen LogP contribution in [0.25, 0.3) is 0 Å². The van der Waals surface area contributed by atoms with Crippen LogP contribution < -0.4 is 16.2 Å². The smallest absolute Gasteiger partial charge is 0.293 e. The molecule has 0 aliphatic heterocycles. The molecule has 1 unspecified atom stereocenters. The molecule has 9 nitrogen and oxygen atoms in total. The standard InChI is InChI=1S/C18H22N4O5S2/c1-18(2,17(19)23)16(11-28-12-6-4-3-5-7-12)21-14-9-8-13(29(20,26)27)10-15(14)22(24)25/h3-10,16,21H,11H2,1-2H3,(H2,19,23)(H2,20,26,27). The van der Waals surface area contributed by atoms with Gasteiger partial charge in [-0.3, -0.25) is 14.9 Å². The van der Waals surface area contributed by atoms with Crippen LogP contribution in [0.5, 0.6) is 0 Å². The second-order valence-corrected chi connectivity index (χ2v) is 9.54. The topological polar surface area (TPSA) is 158 Å². The molecule has 0 aliphatic rings. The number of thioether (sulfide) groups is 1. The third-order valence-electron chi connectivity index (χ3n) is 4.49. The number of rotatable bonds is 9. The maximum Gasteiger partial charge on any atom is 0.293 e. The Morgan fingerprint density at radius 2 is 1.86 bits per heavy atom. The lowest BCUT2D eigenvalue weighted by atomic mass is 9.84. The summed E-state index contributed by atoms with van der Waals surface area (Å²) in [7, 11) is -4.10. The second-order valence-electron chi connectivity index (χ2n) is 6.89. The molecule has 1 amide bonds. The molecule has 0 saturated heterocycles. The number of amides is 1. The Bertz CT molecular complexity index is 1010. The summed E-state index contributed by atoms with van der Waals surface area (Å²) in [4.78, 5) is 23.4. The Morgan fingerprint density at radius 3 is 2.38 bits per heavy atom. The molecule has 2 aromatic carbocycles. The SMILES string of the molecule is CC(C)(C(N)=O)C(CSc1ccccc1)Nc1ccc(S(N)(=O)=O)cc1[N+](=O)[O-]. The number of nitro groups is 1. The van der Waals surface area contributed by atoms with Gasteiger partial charge in [0.2, 0.25) is 15.9 Å². The summed E-state index contributed by atoms with van der Waals surface area (Å²) >= 11 is 1.46. The van der Waals surface area contributed by atoms with E-state index >= 15 is 0 Å². The minimum absolute atomic E-state index is 0.0652. The largest absolute Gasteiger partial charge is 0.375 e. The molecule has 0 aliphatic carbocycles. The van der Waals surface area contributed by atoms with Crippen LogP contribution in [0.1, 0.15) is 13.8 Å². The van der Waals surface area contributed by atoms with Crippen molar-refractivity contribution in [3.05, 3.63) is 58.6 Å². The quantitative estimate of drug-likeness (QED) is 0.308. The number of hydrogen-bond acceptors (Lipinski definition) is 7. The van der Waals surface area contributed by atoms with Gasteiger partial charge in [-0.1, -0.05) is 18.2 Å². The first-order valence-electron chi connectivity index (χ1n) is 8.48. The van der Waals surface area contributed by atoms with E-state index in [1.807, 2.05) is 30.3 Å². The van der Waals surface area contributed by atoms with E-state index in [-0.39, 0.29) is 10.6 Å². The Labute approximate surface area is 173 Å². The molecule has 0 bridgehead atoms. The Balaban J connectivity index is 2.39. The van der Waals surface area contributed by atoms with E-state index in [0.29, 0.717) is 5.75 Å².